The van der Waals surface area contributed by atoms with Gasteiger partial charge in [-0.15, -0.1) is 0 Å². The molecule has 0 radical (unpaired) electrons. The van der Waals surface area contributed by atoms with Crippen LogP contribution >= 0.6 is 0 Å². The highest BCUT2D eigenvalue weighted by atomic mass is 19.1. The third kappa shape index (κ3) is 2.38. The van der Waals surface area contributed by atoms with Gasteiger partial charge in [0.25, 0.3) is 0 Å². The van der Waals surface area contributed by atoms with Crippen molar-refractivity contribution in [1.29, 1.82) is 0 Å². The van der Waals surface area contributed by atoms with Gasteiger partial charge in [0.2, 0.25) is 0 Å². The number of hydrogen-bond donors (Lipinski definition) is 0. The maximum atomic E-state index is 13.8. The minimum Gasteiger partial charge on any atom is -0.303 e. The van der Waals surface area contributed by atoms with E-state index in [2.05, 4.69) is 10.1 Å². The van der Waals surface area contributed by atoms with Crippen molar-refractivity contribution in [2.75, 3.05) is 0 Å². The molecule has 2 aromatic rings. The molecule has 2 rings (SSSR count). The standard InChI is InChI=1S/C12H12FN3O/c1-9(4-5-17)10-2-3-12(11(13)6-10)16-8-14-7-15-16/h2-3,5-9H,4H2,1H3. The molecule has 0 N–H and O–H groups in total. The van der Waals surface area contributed by atoms with Crippen LogP contribution < -0.4 is 0 Å². The molecule has 1 aromatic carbocycles. The molecule has 0 aliphatic rings. The fraction of sp³-hybridized carbons (Fsp3) is 0.250. The van der Waals surface area contributed by atoms with Crippen molar-refractivity contribution in [3.8, 4) is 5.69 Å². The monoisotopic (exact) mass is 233 g/mol. The molecule has 0 amide bonds. The Kier molecular flexibility index (Phi) is 3.27. The van der Waals surface area contributed by atoms with Crippen molar-refractivity contribution in [2.24, 2.45) is 0 Å². The molecule has 1 heterocycles. The summed E-state index contributed by atoms with van der Waals surface area (Å²) in [5, 5.41) is 3.87. The summed E-state index contributed by atoms with van der Waals surface area (Å²) in [5.74, 6) is -0.349. The van der Waals surface area contributed by atoms with Gasteiger partial charge >= 0.3 is 0 Å². The van der Waals surface area contributed by atoms with Crippen LogP contribution in [0.3, 0.4) is 0 Å². The average molecular weight is 233 g/mol. The lowest BCUT2D eigenvalue weighted by atomic mass is 9.98. The fourth-order valence-corrected chi connectivity index (χ4v) is 1.63. The zero-order valence-corrected chi connectivity index (χ0v) is 9.38. The van der Waals surface area contributed by atoms with E-state index in [4.69, 9.17) is 0 Å². The normalized spacial score (nSPS) is 12.4. The van der Waals surface area contributed by atoms with Gasteiger partial charge in [-0.25, -0.2) is 14.1 Å². The van der Waals surface area contributed by atoms with Crippen LogP contribution in [0.25, 0.3) is 5.69 Å². The predicted octanol–water partition coefficient (Wildman–Crippen LogP) is 2.10. The second kappa shape index (κ2) is 4.86. The summed E-state index contributed by atoms with van der Waals surface area (Å²) < 4.78 is 15.2. The fourth-order valence-electron chi connectivity index (χ4n) is 1.63. The molecule has 0 aliphatic carbocycles. The number of rotatable bonds is 4. The van der Waals surface area contributed by atoms with Gasteiger partial charge in [-0.1, -0.05) is 13.0 Å². The van der Waals surface area contributed by atoms with Gasteiger partial charge in [0.05, 0.1) is 0 Å². The van der Waals surface area contributed by atoms with E-state index in [1.165, 1.54) is 23.4 Å². The summed E-state index contributed by atoms with van der Waals surface area (Å²) >= 11 is 0. The molecule has 0 aliphatic heterocycles. The first-order chi connectivity index (χ1) is 8.22. The second-order valence-corrected chi connectivity index (χ2v) is 3.85. The number of carbonyl (C=O) groups is 1. The van der Waals surface area contributed by atoms with Gasteiger partial charge < -0.3 is 4.79 Å². The number of hydrogen-bond acceptors (Lipinski definition) is 3. The molecule has 5 heteroatoms. The second-order valence-electron chi connectivity index (χ2n) is 3.85. The van der Waals surface area contributed by atoms with E-state index in [9.17, 15) is 9.18 Å². The molecular weight excluding hydrogens is 221 g/mol. The van der Waals surface area contributed by atoms with Crippen molar-refractivity contribution < 1.29 is 9.18 Å². The van der Waals surface area contributed by atoms with Gasteiger partial charge in [0, 0.05) is 6.42 Å². The number of halogens is 1. The van der Waals surface area contributed by atoms with E-state index < -0.39 is 0 Å². The van der Waals surface area contributed by atoms with Gasteiger partial charge in [-0.3, -0.25) is 0 Å². The van der Waals surface area contributed by atoms with Gasteiger partial charge in [-0.2, -0.15) is 5.10 Å². The minimum atomic E-state index is -0.370. The quantitative estimate of drug-likeness (QED) is 0.760. The largest absolute Gasteiger partial charge is 0.303 e. The Labute approximate surface area is 98.1 Å². The molecule has 17 heavy (non-hydrogen) atoms. The van der Waals surface area contributed by atoms with Crippen LogP contribution in [0.15, 0.2) is 30.9 Å². The first-order valence-electron chi connectivity index (χ1n) is 5.30. The van der Waals surface area contributed by atoms with E-state index in [1.807, 2.05) is 6.92 Å². The minimum absolute atomic E-state index is 0.0202. The maximum absolute atomic E-state index is 13.8. The number of carbonyl (C=O) groups excluding carboxylic acids is 1. The summed E-state index contributed by atoms with van der Waals surface area (Å²) in [6, 6.07) is 4.88. The third-order valence-corrected chi connectivity index (χ3v) is 2.66. The van der Waals surface area contributed by atoms with Crippen LogP contribution in [-0.4, -0.2) is 21.1 Å². The highest BCUT2D eigenvalue weighted by Gasteiger charge is 2.10. The average Bonchev–Trinajstić information content (AvgIpc) is 2.82. The van der Waals surface area contributed by atoms with E-state index in [0.29, 0.717) is 12.1 Å². The Bertz CT molecular complexity index is 510. The summed E-state index contributed by atoms with van der Waals surface area (Å²) in [7, 11) is 0. The number of aldehydes is 1. The highest BCUT2D eigenvalue weighted by molar-refractivity contribution is 5.51. The molecule has 0 fully saturated rings. The highest BCUT2D eigenvalue weighted by Crippen LogP contribution is 2.21. The van der Waals surface area contributed by atoms with Gasteiger partial charge in [0.1, 0.15) is 30.4 Å². The van der Waals surface area contributed by atoms with Crippen LogP contribution in [0.5, 0.6) is 0 Å². The van der Waals surface area contributed by atoms with Crippen molar-refractivity contribution in [3.63, 3.8) is 0 Å². The Morgan fingerprint density at radius 2 is 2.35 bits per heavy atom. The third-order valence-electron chi connectivity index (χ3n) is 2.66. The zero-order chi connectivity index (χ0) is 12.3. The first-order valence-corrected chi connectivity index (χ1v) is 5.30. The number of nitrogens with zero attached hydrogens (tertiary/aromatic N) is 3. The lowest BCUT2D eigenvalue weighted by Gasteiger charge is -2.10. The van der Waals surface area contributed by atoms with E-state index >= 15 is 0 Å². The molecule has 0 spiro atoms. The summed E-state index contributed by atoms with van der Waals surface area (Å²) in [6.45, 7) is 1.89. The summed E-state index contributed by atoms with van der Waals surface area (Å²) in [4.78, 5) is 14.2. The SMILES string of the molecule is CC(CC=O)c1ccc(-n2cncn2)c(F)c1. The maximum Gasteiger partial charge on any atom is 0.149 e. The van der Waals surface area contributed by atoms with Crippen molar-refractivity contribution in [3.05, 3.63) is 42.2 Å². The lowest BCUT2D eigenvalue weighted by Crippen LogP contribution is -2.01. The zero-order valence-electron chi connectivity index (χ0n) is 9.38. The molecule has 1 aromatic heterocycles. The van der Waals surface area contributed by atoms with Crippen LogP contribution in [0, 0.1) is 5.82 Å². The lowest BCUT2D eigenvalue weighted by molar-refractivity contribution is -0.108. The molecule has 0 saturated heterocycles. The summed E-state index contributed by atoms with van der Waals surface area (Å²) in [6.07, 6.45) is 4.02. The first kappa shape index (κ1) is 11.4. The molecule has 4 nitrogen and oxygen atoms in total. The van der Waals surface area contributed by atoms with E-state index in [-0.39, 0.29) is 11.7 Å². The van der Waals surface area contributed by atoms with Crippen molar-refractivity contribution >= 4 is 6.29 Å². The van der Waals surface area contributed by atoms with Gasteiger partial charge in [-0.05, 0) is 23.6 Å². The van der Waals surface area contributed by atoms with Crippen LogP contribution in [0.2, 0.25) is 0 Å². The van der Waals surface area contributed by atoms with E-state index in [0.717, 1.165) is 11.8 Å². The molecule has 1 atom stereocenters. The molecule has 0 bridgehead atoms. The Balaban J connectivity index is 2.32. The smallest absolute Gasteiger partial charge is 0.149 e. The van der Waals surface area contributed by atoms with Gasteiger partial charge in [0.15, 0.2) is 0 Å². The van der Waals surface area contributed by atoms with Crippen molar-refractivity contribution in [1.82, 2.24) is 14.8 Å². The molecular formula is C12H12FN3O. The van der Waals surface area contributed by atoms with Crippen LogP contribution in [-0.2, 0) is 4.79 Å². The van der Waals surface area contributed by atoms with Crippen LogP contribution in [0.1, 0.15) is 24.8 Å². The van der Waals surface area contributed by atoms with Crippen molar-refractivity contribution in [2.45, 2.75) is 19.3 Å². The number of benzene rings is 1. The van der Waals surface area contributed by atoms with E-state index in [1.54, 1.807) is 12.1 Å². The molecule has 1 unspecified atom stereocenters. The molecule has 0 saturated carbocycles. The summed E-state index contributed by atoms with van der Waals surface area (Å²) in [5.41, 5.74) is 1.16. The number of aromatic nitrogens is 3. The molecule has 88 valence electrons. The Morgan fingerprint density at radius 1 is 1.53 bits per heavy atom. The topological polar surface area (TPSA) is 47.8 Å². The predicted molar refractivity (Wildman–Crippen MR) is 60.4 cm³/mol. The Hall–Kier alpha value is -2.04. The van der Waals surface area contributed by atoms with Crippen LogP contribution in [0.4, 0.5) is 4.39 Å². The Morgan fingerprint density at radius 3 is 2.94 bits per heavy atom.